The average Bonchev–Trinajstić information content (AvgIpc) is 2.96. The molecule has 3 amide bonds. The molecule has 2 aromatic rings. The van der Waals surface area contributed by atoms with Gasteiger partial charge in [0.1, 0.15) is 12.1 Å². The molecule has 2 atom stereocenters. The van der Waals surface area contributed by atoms with Crippen molar-refractivity contribution >= 4 is 17.7 Å². The minimum atomic E-state index is -0.749. The van der Waals surface area contributed by atoms with Crippen molar-refractivity contribution in [2.45, 2.75) is 37.8 Å². The molecule has 3 rings (SSSR count). The van der Waals surface area contributed by atoms with Gasteiger partial charge in [0.05, 0.1) is 5.56 Å². The van der Waals surface area contributed by atoms with Gasteiger partial charge in [0.2, 0.25) is 11.8 Å². The Morgan fingerprint density at radius 3 is 2.72 bits per heavy atom. The summed E-state index contributed by atoms with van der Waals surface area (Å²) in [6, 6.07) is 11.6. The molecule has 1 aromatic heterocycles. The summed E-state index contributed by atoms with van der Waals surface area (Å²) < 4.78 is 0. The first-order valence-electron chi connectivity index (χ1n) is 9.85. The van der Waals surface area contributed by atoms with Gasteiger partial charge < -0.3 is 15.5 Å². The largest absolute Gasteiger partial charge is 0.354 e. The number of carbonyl (C=O) groups excluding carboxylic acids is 3. The highest BCUT2D eigenvalue weighted by Crippen LogP contribution is 2.13. The fourth-order valence-electron chi connectivity index (χ4n) is 3.42. The van der Waals surface area contributed by atoms with Crippen molar-refractivity contribution in [1.82, 2.24) is 20.5 Å². The number of amides is 3. The average molecular weight is 394 g/mol. The Balaban J connectivity index is 1.80. The van der Waals surface area contributed by atoms with E-state index in [1.165, 1.54) is 11.1 Å². The maximum Gasteiger partial charge on any atom is 0.255 e. The highest BCUT2D eigenvalue weighted by Gasteiger charge is 2.31. The van der Waals surface area contributed by atoms with E-state index < -0.39 is 12.1 Å². The third kappa shape index (κ3) is 5.40. The molecule has 152 valence electrons. The summed E-state index contributed by atoms with van der Waals surface area (Å²) in [5.41, 5.74) is 1.34. The zero-order valence-electron chi connectivity index (χ0n) is 16.5. The Kier molecular flexibility index (Phi) is 6.94. The first kappa shape index (κ1) is 20.5. The third-order valence-corrected chi connectivity index (χ3v) is 5.12. The van der Waals surface area contributed by atoms with Crippen LogP contribution >= 0.6 is 0 Å². The number of rotatable bonds is 6. The quantitative estimate of drug-likeness (QED) is 0.778. The topological polar surface area (TPSA) is 91.4 Å². The van der Waals surface area contributed by atoms with Crippen molar-refractivity contribution in [3.8, 4) is 0 Å². The van der Waals surface area contributed by atoms with Crippen LogP contribution in [0.5, 0.6) is 0 Å². The van der Waals surface area contributed by atoms with Crippen molar-refractivity contribution in [3.63, 3.8) is 0 Å². The van der Waals surface area contributed by atoms with Crippen molar-refractivity contribution in [1.29, 1.82) is 0 Å². The second-order valence-corrected chi connectivity index (χ2v) is 7.21. The summed E-state index contributed by atoms with van der Waals surface area (Å²) in [4.78, 5) is 43.7. The number of hydrogen-bond donors (Lipinski definition) is 2. The molecular weight excluding hydrogens is 368 g/mol. The van der Waals surface area contributed by atoms with E-state index in [1.54, 1.807) is 25.4 Å². The van der Waals surface area contributed by atoms with Gasteiger partial charge in [-0.3, -0.25) is 19.4 Å². The fourth-order valence-corrected chi connectivity index (χ4v) is 3.42. The summed E-state index contributed by atoms with van der Waals surface area (Å²) >= 11 is 0. The molecule has 1 aliphatic rings. The SMILES string of the molecule is CN(C(=O)c1cccnc1)[C@@H](Cc1ccccc1)C(=O)N[C@@H]1CCCCNC1=O. The van der Waals surface area contributed by atoms with Crippen LogP contribution < -0.4 is 10.6 Å². The molecule has 1 aromatic carbocycles. The lowest BCUT2D eigenvalue weighted by Gasteiger charge is -2.29. The Morgan fingerprint density at radius 2 is 2.00 bits per heavy atom. The van der Waals surface area contributed by atoms with Gasteiger partial charge in [-0.05, 0) is 37.0 Å². The van der Waals surface area contributed by atoms with Gasteiger partial charge in [-0.1, -0.05) is 30.3 Å². The van der Waals surface area contributed by atoms with Crippen LogP contribution in [0.2, 0.25) is 0 Å². The molecule has 7 heteroatoms. The van der Waals surface area contributed by atoms with Gasteiger partial charge in [0, 0.05) is 32.4 Å². The normalized spacial score (nSPS) is 17.6. The van der Waals surface area contributed by atoms with Crippen molar-refractivity contribution in [2.75, 3.05) is 13.6 Å². The van der Waals surface area contributed by atoms with Crippen LogP contribution in [-0.4, -0.2) is 53.3 Å². The van der Waals surface area contributed by atoms with E-state index in [9.17, 15) is 14.4 Å². The third-order valence-electron chi connectivity index (χ3n) is 5.12. The van der Waals surface area contributed by atoms with E-state index in [2.05, 4.69) is 15.6 Å². The summed E-state index contributed by atoms with van der Waals surface area (Å²) in [5, 5.41) is 5.68. The molecule has 2 heterocycles. The van der Waals surface area contributed by atoms with Crippen molar-refractivity contribution in [2.24, 2.45) is 0 Å². The van der Waals surface area contributed by atoms with Crippen molar-refractivity contribution < 1.29 is 14.4 Å². The second kappa shape index (κ2) is 9.82. The molecule has 0 unspecified atom stereocenters. The van der Waals surface area contributed by atoms with Crippen LogP contribution in [-0.2, 0) is 16.0 Å². The first-order valence-corrected chi connectivity index (χ1v) is 9.85. The van der Waals surface area contributed by atoms with Crippen LogP contribution in [0.3, 0.4) is 0 Å². The Labute approximate surface area is 170 Å². The number of pyridine rings is 1. The van der Waals surface area contributed by atoms with E-state index in [0.717, 1.165) is 18.4 Å². The lowest BCUT2D eigenvalue weighted by atomic mass is 10.0. The molecule has 0 saturated carbocycles. The number of hydrogen-bond acceptors (Lipinski definition) is 4. The van der Waals surface area contributed by atoms with Gasteiger partial charge in [-0.15, -0.1) is 0 Å². The minimum Gasteiger partial charge on any atom is -0.354 e. The standard InChI is InChI=1S/C22H26N4O3/c1-26(22(29)17-10-7-12-23-15-17)19(14-16-8-3-2-4-9-16)21(28)25-18-11-5-6-13-24-20(18)27/h2-4,7-10,12,15,18-19H,5-6,11,13-14H2,1H3,(H,24,27)(H,25,28)/t18-,19+/m1/s1. The maximum absolute atomic E-state index is 13.2. The van der Waals surface area contributed by atoms with Gasteiger partial charge in [0.25, 0.3) is 5.91 Å². The summed E-state index contributed by atoms with van der Waals surface area (Å²) in [7, 11) is 1.61. The minimum absolute atomic E-state index is 0.171. The summed E-state index contributed by atoms with van der Waals surface area (Å²) in [6.07, 6.45) is 5.77. The molecule has 29 heavy (non-hydrogen) atoms. The lowest BCUT2D eigenvalue weighted by Crippen LogP contribution is -2.54. The zero-order chi connectivity index (χ0) is 20.6. The molecule has 1 fully saturated rings. The molecule has 0 aliphatic carbocycles. The van der Waals surface area contributed by atoms with Gasteiger partial charge in [-0.25, -0.2) is 0 Å². The number of nitrogens with one attached hydrogen (secondary N) is 2. The predicted octanol–water partition coefficient (Wildman–Crippen LogP) is 1.55. The van der Waals surface area contributed by atoms with Gasteiger partial charge in [-0.2, -0.15) is 0 Å². The first-order chi connectivity index (χ1) is 14.1. The zero-order valence-corrected chi connectivity index (χ0v) is 16.5. The molecule has 1 saturated heterocycles. The van der Waals surface area contributed by atoms with Crippen LogP contribution in [0.1, 0.15) is 35.2 Å². The van der Waals surface area contributed by atoms with Crippen LogP contribution in [0.25, 0.3) is 0 Å². The number of carbonyl (C=O) groups is 3. The molecule has 7 nitrogen and oxygen atoms in total. The smallest absolute Gasteiger partial charge is 0.255 e. The second-order valence-electron chi connectivity index (χ2n) is 7.21. The van der Waals surface area contributed by atoms with E-state index in [4.69, 9.17) is 0 Å². The molecule has 0 radical (unpaired) electrons. The van der Waals surface area contributed by atoms with Gasteiger partial charge in [0.15, 0.2) is 0 Å². The molecule has 1 aliphatic heterocycles. The highest BCUT2D eigenvalue weighted by molar-refractivity contribution is 5.98. The van der Waals surface area contributed by atoms with E-state index in [0.29, 0.717) is 24.9 Å². The number of nitrogens with zero attached hydrogens (tertiary/aromatic N) is 2. The molecular formula is C22H26N4O3. The lowest BCUT2D eigenvalue weighted by molar-refractivity contribution is -0.131. The van der Waals surface area contributed by atoms with Gasteiger partial charge >= 0.3 is 0 Å². The highest BCUT2D eigenvalue weighted by atomic mass is 16.2. The van der Waals surface area contributed by atoms with Crippen LogP contribution in [0, 0.1) is 0 Å². The molecule has 2 N–H and O–H groups in total. The Bertz CT molecular complexity index is 842. The monoisotopic (exact) mass is 394 g/mol. The van der Waals surface area contributed by atoms with Crippen molar-refractivity contribution in [3.05, 3.63) is 66.0 Å². The van der Waals surface area contributed by atoms with Crippen LogP contribution in [0.15, 0.2) is 54.9 Å². The Morgan fingerprint density at radius 1 is 1.21 bits per heavy atom. The van der Waals surface area contributed by atoms with E-state index in [-0.39, 0.29) is 17.7 Å². The number of aromatic nitrogens is 1. The maximum atomic E-state index is 13.2. The summed E-state index contributed by atoms with van der Waals surface area (Å²) in [6.45, 7) is 0.623. The van der Waals surface area contributed by atoms with E-state index >= 15 is 0 Å². The predicted molar refractivity (Wildman–Crippen MR) is 109 cm³/mol. The fraction of sp³-hybridized carbons (Fsp3) is 0.364. The van der Waals surface area contributed by atoms with Crippen LogP contribution in [0.4, 0.5) is 0 Å². The molecule has 0 bridgehead atoms. The number of likely N-dealkylation sites (N-methyl/N-ethyl adjacent to an activating group) is 1. The molecule has 0 spiro atoms. The van der Waals surface area contributed by atoms with E-state index in [1.807, 2.05) is 30.3 Å². The Hall–Kier alpha value is -3.22. The number of benzene rings is 1. The summed E-state index contributed by atoms with van der Waals surface area (Å²) in [5.74, 6) is -0.800.